The Balaban J connectivity index is 1.67. The third kappa shape index (κ3) is 5.17. The molecule has 0 saturated carbocycles. The number of hydrogen-bond donors (Lipinski definition) is 0. The van der Waals surface area contributed by atoms with Crippen molar-refractivity contribution in [2.45, 2.75) is 26.6 Å². The molecule has 6 nitrogen and oxygen atoms in total. The van der Waals surface area contributed by atoms with Crippen LogP contribution in [0.3, 0.4) is 0 Å². The molecule has 0 saturated heterocycles. The number of rotatable bonds is 8. The van der Waals surface area contributed by atoms with Crippen molar-refractivity contribution in [2.24, 2.45) is 0 Å². The normalized spacial score (nSPS) is 10.6. The van der Waals surface area contributed by atoms with E-state index in [0.29, 0.717) is 30.2 Å². The van der Waals surface area contributed by atoms with E-state index in [4.69, 9.17) is 9.47 Å². The highest BCUT2D eigenvalue weighted by Gasteiger charge is 2.16. The third-order valence-electron chi connectivity index (χ3n) is 4.48. The van der Waals surface area contributed by atoms with Gasteiger partial charge in [-0.15, -0.1) is 0 Å². The van der Waals surface area contributed by atoms with Crippen LogP contribution in [0, 0.1) is 0 Å². The number of hydrogen-bond acceptors (Lipinski definition) is 4. The summed E-state index contributed by atoms with van der Waals surface area (Å²) >= 11 is 3.51. The number of aromatic nitrogens is 2. The van der Waals surface area contributed by atoms with Crippen molar-refractivity contribution in [1.29, 1.82) is 0 Å². The zero-order valence-electron chi connectivity index (χ0n) is 16.8. The van der Waals surface area contributed by atoms with E-state index in [9.17, 15) is 4.79 Å². The fourth-order valence-corrected chi connectivity index (χ4v) is 3.36. The molecule has 0 radical (unpaired) electrons. The first-order valence-corrected chi connectivity index (χ1v) is 10.1. The molecular formula is C22H24BrN3O3. The Morgan fingerprint density at radius 2 is 1.93 bits per heavy atom. The zero-order chi connectivity index (χ0) is 20.8. The van der Waals surface area contributed by atoms with E-state index in [-0.39, 0.29) is 5.91 Å². The first-order chi connectivity index (χ1) is 14.0. The van der Waals surface area contributed by atoms with Crippen LogP contribution in [0.4, 0.5) is 0 Å². The molecule has 3 aromatic rings. The molecular weight excluding hydrogens is 434 g/mol. The molecule has 0 aliphatic rings. The van der Waals surface area contributed by atoms with Crippen LogP contribution in [-0.2, 0) is 19.7 Å². The Bertz CT molecular complexity index is 987. The monoisotopic (exact) mass is 457 g/mol. The van der Waals surface area contributed by atoms with E-state index in [1.165, 1.54) is 0 Å². The molecule has 2 aromatic carbocycles. The van der Waals surface area contributed by atoms with Gasteiger partial charge < -0.3 is 14.4 Å². The number of amides is 1. The van der Waals surface area contributed by atoms with E-state index in [1.54, 1.807) is 19.1 Å². The number of para-hydroxylation sites is 2. The van der Waals surface area contributed by atoms with Crippen LogP contribution in [-0.4, -0.2) is 34.7 Å². The maximum Gasteiger partial charge on any atom is 0.253 e. The van der Waals surface area contributed by atoms with Crippen molar-refractivity contribution in [2.75, 3.05) is 14.2 Å². The predicted octanol–water partition coefficient (Wildman–Crippen LogP) is 4.53. The summed E-state index contributed by atoms with van der Waals surface area (Å²) in [7, 11) is 3.39. The average molecular weight is 458 g/mol. The van der Waals surface area contributed by atoms with Gasteiger partial charge in [-0.3, -0.25) is 9.48 Å². The summed E-state index contributed by atoms with van der Waals surface area (Å²) < 4.78 is 13.9. The molecule has 1 aromatic heterocycles. The van der Waals surface area contributed by atoms with Gasteiger partial charge in [0.1, 0.15) is 6.61 Å². The molecule has 0 aliphatic carbocycles. The Hall–Kier alpha value is -2.80. The summed E-state index contributed by atoms with van der Waals surface area (Å²) in [5.74, 6) is 1.28. The zero-order valence-corrected chi connectivity index (χ0v) is 18.3. The Morgan fingerprint density at radius 3 is 2.62 bits per heavy atom. The van der Waals surface area contributed by atoms with Crippen LogP contribution in [0.15, 0.2) is 59.2 Å². The van der Waals surface area contributed by atoms with Gasteiger partial charge in [0, 0.05) is 25.4 Å². The fourth-order valence-electron chi connectivity index (χ4n) is 2.92. The number of benzene rings is 2. The second-order valence-electron chi connectivity index (χ2n) is 6.58. The minimum Gasteiger partial charge on any atom is -0.493 e. The number of carbonyl (C=O) groups is 1. The molecule has 0 spiro atoms. The third-order valence-corrected chi connectivity index (χ3v) is 5.14. The van der Waals surface area contributed by atoms with E-state index >= 15 is 0 Å². The van der Waals surface area contributed by atoms with E-state index in [0.717, 1.165) is 22.3 Å². The van der Waals surface area contributed by atoms with Crippen molar-refractivity contribution in [3.63, 3.8) is 0 Å². The standard InChI is InChI=1S/C22H24BrN3O3/c1-4-26-13-18(23)19(24-26)14-25(2)22(27)17-9-7-8-16(12-17)15-29-21-11-6-5-10-20(21)28-3/h5-13H,4,14-15H2,1-3H3. The second kappa shape index (κ2) is 9.60. The summed E-state index contributed by atoms with van der Waals surface area (Å²) in [6, 6.07) is 15.0. The average Bonchev–Trinajstić information content (AvgIpc) is 3.11. The van der Waals surface area contributed by atoms with Crippen molar-refractivity contribution in [3.8, 4) is 11.5 Å². The molecule has 0 aliphatic heterocycles. The SMILES string of the molecule is CCn1cc(Br)c(CN(C)C(=O)c2cccc(COc3ccccc3OC)c2)n1. The lowest BCUT2D eigenvalue weighted by Gasteiger charge is -2.17. The van der Waals surface area contributed by atoms with Gasteiger partial charge in [0.15, 0.2) is 11.5 Å². The van der Waals surface area contributed by atoms with Crippen molar-refractivity contribution in [3.05, 3.63) is 76.0 Å². The highest BCUT2D eigenvalue weighted by Crippen LogP contribution is 2.26. The Labute approximate surface area is 179 Å². The molecule has 0 atom stereocenters. The van der Waals surface area contributed by atoms with Gasteiger partial charge in [-0.2, -0.15) is 5.10 Å². The Morgan fingerprint density at radius 1 is 1.17 bits per heavy atom. The van der Waals surface area contributed by atoms with Crippen LogP contribution in [0.2, 0.25) is 0 Å². The van der Waals surface area contributed by atoms with Gasteiger partial charge >= 0.3 is 0 Å². The van der Waals surface area contributed by atoms with Gasteiger partial charge in [-0.25, -0.2) is 0 Å². The minimum atomic E-state index is -0.0675. The molecule has 3 rings (SSSR count). The van der Waals surface area contributed by atoms with Crippen molar-refractivity contribution >= 4 is 21.8 Å². The van der Waals surface area contributed by atoms with E-state index in [1.807, 2.05) is 66.3 Å². The first kappa shape index (κ1) is 20.9. The van der Waals surface area contributed by atoms with Crippen molar-refractivity contribution < 1.29 is 14.3 Å². The number of carbonyl (C=O) groups excluding carboxylic acids is 1. The summed E-state index contributed by atoms with van der Waals surface area (Å²) in [5.41, 5.74) is 2.35. The van der Waals surface area contributed by atoms with Crippen LogP contribution < -0.4 is 9.47 Å². The van der Waals surface area contributed by atoms with Gasteiger partial charge in [-0.05, 0) is 52.7 Å². The summed E-state index contributed by atoms with van der Waals surface area (Å²) in [4.78, 5) is 14.5. The van der Waals surface area contributed by atoms with Crippen molar-refractivity contribution in [1.82, 2.24) is 14.7 Å². The maximum atomic E-state index is 12.9. The number of nitrogens with zero attached hydrogens (tertiary/aromatic N) is 3. The predicted molar refractivity (Wildman–Crippen MR) is 115 cm³/mol. The highest BCUT2D eigenvalue weighted by molar-refractivity contribution is 9.10. The van der Waals surface area contributed by atoms with Gasteiger partial charge in [0.25, 0.3) is 5.91 Å². The lowest BCUT2D eigenvalue weighted by molar-refractivity contribution is 0.0782. The van der Waals surface area contributed by atoms with E-state index in [2.05, 4.69) is 21.0 Å². The molecule has 1 amide bonds. The molecule has 0 unspecified atom stereocenters. The van der Waals surface area contributed by atoms with Gasteiger partial charge in [-0.1, -0.05) is 24.3 Å². The van der Waals surface area contributed by atoms with E-state index < -0.39 is 0 Å². The quantitative estimate of drug-likeness (QED) is 0.498. The molecule has 29 heavy (non-hydrogen) atoms. The van der Waals surface area contributed by atoms with Gasteiger partial charge in [0.2, 0.25) is 0 Å². The number of halogens is 1. The molecule has 7 heteroatoms. The lowest BCUT2D eigenvalue weighted by Crippen LogP contribution is -2.26. The first-order valence-electron chi connectivity index (χ1n) is 9.33. The minimum absolute atomic E-state index is 0.0675. The molecule has 1 heterocycles. The van der Waals surface area contributed by atoms with Gasteiger partial charge in [0.05, 0.1) is 23.8 Å². The fraction of sp³-hybridized carbons (Fsp3) is 0.273. The molecule has 0 N–H and O–H groups in total. The smallest absolute Gasteiger partial charge is 0.253 e. The number of methoxy groups -OCH3 is 1. The topological polar surface area (TPSA) is 56.6 Å². The second-order valence-corrected chi connectivity index (χ2v) is 7.43. The lowest BCUT2D eigenvalue weighted by atomic mass is 10.1. The highest BCUT2D eigenvalue weighted by atomic mass is 79.9. The molecule has 152 valence electrons. The van der Waals surface area contributed by atoms with Crippen LogP contribution >= 0.6 is 15.9 Å². The molecule has 0 bridgehead atoms. The number of aryl methyl sites for hydroxylation is 1. The number of ether oxygens (including phenoxy) is 2. The van der Waals surface area contributed by atoms with Crippen LogP contribution in [0.25, 0.3) is 0 Å². The van der Waals surface area contributed by atoms with Crippen LogP contribution in [0.5, 0.6) is 11.5 Å². The summed E-state index contributed by atoms with van der Waals surface area (Å²) in [6.07, 6.45) is 1.92. The Kier molecular flexibility index (Phi) is 6.93. The van der Waals surface area contributed by atoms with Crippen LogP contribution in [0.1, 0.15) is 28.5 Å². The maximum absolute atomic E-state index is 12.9. The largest absolute Gasteiger partial charge is 0.493 e. The summed E-state index contributed by atoms with van der Waals surface area (Å²) in [6.45, 7) is 3.58. The summed E-state index contributed by atoms with van der Waals surface area (Å²) in [5, 5.41) is 4.49. The molecule has 0 fully saturated rings.